The fraction of sp³-hybridized carbons (Fsp3) is 0.0714. The van der Waals surface area contributed by atoms with Crippen molar-refractivity contribution in [1.82, 2.24) is 9.55 Å². The zero-order valence-electron chi connectivity index (χ0n) is 9.89. The van der Waals surface area contributed by atoms with E-state index < -0.39 is 0 Å². The summed E-state index contributed by atoms with van der Waals surface area (Å²) in [5.41, 5.74) is 2.33. The second-order valence-electron chi connectivity index (χ2n) is 4.09. The SMILES string of the molecule is Cn1c(Nc2ccccc2F)nc2ccccc21. The van der Waals surface area contributed by atoms with Crippen LogP contribution in [0, 0.1) is 5.82 Å². The molecule has 0 saturated carbocycles. The van der Waals surface area contributed by atoms with E-state index in [2.05, 4.69) is 10.3 Å². The van der Waals surface area contributed by atoms with Crippen LogP contribution in [-0.4, -0.2) is 9.55 Å². The van der Waals surface area contributed by atoms with Crippen LogP contribution in [0.2, 0.25) is 0 Å². The zero-order chi connectivity index (χ0) is 12.5. The second-order valence-corrected chi connectivity index (χ2v) is 4.09. The number of halogens is 1. The van der Waals surface area contributed by atoms with Gasteiger partial charge in [-0.05, 0) is 24.3 Å². The van der Waals surface area contributed by atoms with Gasteiger partial charge in [0, 0.05) is 7.05 Å². The molecule has 3 aromatic rings. The first-order valence-electron chi connectivity index (χ1n) is 5.69. The highest BCUT2D eigenvalue weighted by atomic mass is 19.1. The quantitative estimate of drug-likeness (QED) is 0.744. The number of nitrogens with zero attached hydrogens (tertiary/aromatic N) is 2. The summed E-state index contributed by atoms with van der Waals surface area (Å²) in [7, 11) is 1.90. The van der Waals surface area contributed by atoms with Crippen molar-refractivity contribution in [3.63, 3.8) is 0 Å². The first-order chi connectivity index (χ1) is 8.75. The lowest BCUT2D eigenvalue weighted by Gasteiger charge is -2.06. The molecule has 0 aliphatic carbocycles. The Morgan fingerprint density at radius 2 is 1.78 bits per heavy atom. The molecular formula is C14H12FN3. The maximum absolute atomic E-state index is 13.6. The minimum absolute atomic E-state index is 0.287. The molecule has 18 heavy (non-hydrogen) atoms. The molecule has 0 amide bonds. The summed E-state index contributed by atoms with van der Waals surface area (Å²) in [6.07, 6.45) is 0. The van der Waals surface area contributed by atoms with E-state index in [4.69, 9.17) is 0 Å². The highest BCUT2D eigenvalue weighted by Gasteiger charge is 2.08. The Morgan fingerprint density at radius 1 is 1.06 bits per heavy atom. The van der Waals surface area contributed by atoms with Crippen LogP contribution in [0.1, 0.15) is 0 Å². The normalized spacial score (nSPS) is 10.8. The van der Waals surface area contributed by atoms with Gasteiger partial charge in [-0.15, -0.1) is 0 Å². The lowest BCUT2D eigenvalue weighted by atomic mass is 10.3. The number of nitrogens with one attached hydrogen (secondary N) is 1. The van der Waals surface area contributed by atoms with Crippen LogP contribution in [0.3, 0.4) is 0 Å². The summed E-state index contributed by atoms with van der Waals surface area (Å²) < 4.78 is 15.5. The summed E-state index contributed by atoms with van der Waals surface area (Å²) in [6.45, 7) is 0. The molecule has 0 radical (unpaired) electrons. The second kappa shape index (κ2) is 4.14. The topological polar surface area (TPSA) is 29.9 Å². The van der Waals surface area contributed by atoms with Crippen molar-refractivity contribution in [1.29, 1.82) is 0 Å². The van der Waals surface area contributed by atoms with Crippen LogP contribution < -0.4 is 5.32 Å². The zero-order valence-corrected chi connectivity index (χ0v) is 9.89. The van der Waals surface area contributed by atoms with Gasteiger partial charge < -0.3 is 9.88 Å². The number of rotatable bonds is 2. The number of imidazole rings is 1. The first kappa shape index (κ1) is 10.8. The molecule has 0 spiro atoms. The Hall–Kier alpha value is -2.36. The molecule has 0 saturated heterocycles. The Morgan fingerprint density at radius 3 is 2.56 bits per heavy atom. The van der Waals surface area contributed by atoms with Gasteiger partial charge in [-0.2, -0.15) is 0 Å². The molecule has 0 aliphatic rings. The first-order valence-corrected chi connectivity index (χ1v) is 5.69. The van der Waals surface area contributed by atoms with Crippen molar-refractivity contribution in [3.05, 3.63) is 54.3 Å². The third-order valence-electron chi connectivity index (χ3n) is 2.91. The molecule has 1 aromatic heterocycles. The van der Waals surface area contributed by atoms with E-state index in [0.29, 0.717) is 11.6 Å². The van der Waals surface area contributed by atoms with E-state index in [1.54, 1.807) is 18.2 Å². The Bertz CT molecular complexity index is 703. The molecular weight excluding hydrogens is 229 g/mol. The van der Waals surface area contributed by atoms with Crippen molar-refractivity contribution in [2.45, 2.75) is 0 Å². The summed E-state index contributed by atoms with van der Waals surface area (Å²) in [6, 6.07) is 14.4. The number of aryl methyl sites for hydroxylation is 1. The minimum atomic E-state index is -0.287. The molecule has 0 aliphatic heterocycles. The molecule has 4 heteroatoms. The van der Waals surface area contributed by atoms with Gasteiger partial charge in [0.2, 0.25) is 5.95 Å². The van der Waals surface area contributed by atoms with Crippen molar-refractivity contribution in [2.24, 2.45) is 7.05 Å². The molecule has 1 N–H and O–H groups in total. The smallest absolute Gasteiger partial charge is 0.208 e. The Kier molecular flexibility index (Phi) is 2.48. The largest absolute Gasteiger partial charge is 0.323 e. The fourth-order valence-corrected chi connectivity index (χ4v) is 1.94. The van der Waals surface area contributed by atoms with Gasteiger partial charge in [-0.1, -0.05) is 24.3 Å². The highest BCUT2D eigenvalue weighted by molar-refractivity contribution is 5.79. The van der Waals surface area contributed by atoms with E-state index in [0.717, 1.165) is 11.0 Å². The van der Waals surface area contributed by atoms with Crippen LogP contribution in [0.5, 0.6) is 0 Å². The van der Waals surface area contributed by atoms with Gasteiger partial charge >= 0.3 is 0 Å². The average molecular weight is 241 g/mol. The number of benzene rings is 2. The van der Waals surface area contributed by atoms with Gasteiger partial charge in [-0.25, -0.2) is 9.37 Å². The Labute approximate surface area is 104 Å². The molecule has 0 fully saturated rings. The third-order valence-corrected chi connectivity index (χ3v) is 2.91. The van der Waals surface area contributed by atoms with E-state index in [-0.39, 0.29) is 5.82 Å². The van der Waals surface area contributed by atoms with Crippen LogP contribution in [0.15, 0.2) is 48.5 Å². The Balaban J connectivity index is 2.06. The van der Waals surface area contributed by atoms with E-state index >= 15 is 0 Å². The van der Waals surface area contributed by atoms with Crippen LogP contribution in [-0.2, 0) is 7.05 Å². The third kappa shape index (κ3) is 1.72. The summed E-state index contributed by atoms with van der Waals surface area (Å²) in [5, 5.41) is 3.01. The number of para-hydroxylation sites is 3. The maximum atomic E-state index is 13.6. The lowest BCUT2D eigenvalue weighted by Crippen LogP contribution is -2.00. The molecule has 3 nitrogen and oxygen atoms in total. The molecule has 2 aromatic carbocycles. The van der Waals surface area contributed by atoms with Crippen molar-refractivity contribution >= 4 is 22.7 Å². The molecule has 3 rings (SSSR count). The van der Waals surface area contributed by atoms with E-state index in [9.17, 15) is 4.39 Å². The van der Waals surface area contributed by atoms with Crippen LogP contribution >= 0.6 is 0 Å². The summed E-state index contributed by atoms with van der Waals surface area (Å²) in [5.74, 6) is 0.339. The van der Waals surface area contributed by atoms with Gasteiger partial charge in [0.05, 0.1) is 16.7 Å². The van der Waals surface area contributed by atoms with Crippen molar-refractivity contribution in [3.8, 4) is 0 Å². The average Bonchev–Trinajstić information content (AvgIpc) is 2.70. The van der Waals surface area contributed by atoms with E-state index in [1.807, 2.05) is 35.9 Å². The molecule has 90 valence electrons. The summed E-state index contributed by atoms with van der Waals surface area (Å²) in [4.78, 5) is 4.43. The molecule has 1 heterocycles. The molecule has 0 atom stereocenters. The van der Waals surface area contributed by atoms with Gasteiger partial charge in [0.15, 0.2) is 0 Å². The van der Waals surface area contributed by atoms with Crippen molar-refractivity contribution < 1.29 is 4.39 Å². The lowest BCUT2D eigenvalue weighted by molar-refractivity contribution is 0.631. The number of hydrogen-bond donors (Lipinski definition) is 1. The minimum Gasteiger partial charge on any atom is -0.323 e. The van der Waals surface area contributed by atoms with Crippen LogP contribution in [0.25, 0.3) is 11.0 Å². The number of aromatic nitrogens is 2. The van der Waals surface area contributed by atoms with Gasteiger partial charge in [0.1, 0.15) is 5.82 Å². The monoisotopic (exact) mass is 241 g/mol. The number of hydrogen-bond acceptors (Lipinski definition) is 2. The molecule has 0 bridgehead atoms. The number of anilines is 2. The maximum Gasteiger partial charge on any atom is 0.208 e. The highest BCUT2D eigenvalue weighted by Crippen LogP contribution is 2.22. The predicted molar refractivity (Wildman–Crippen MR) is 70.4 cm³/mol. The predicted octanol–water partition coefficient (Wildman–Crippen LogP) is 3.46. The fourth-order valence-electron chi connectivity index (χ4n) is 1.94. The van der Waals surface area contributed by atoms with E-state index in [1.165, 1.54) is 6.07 Å². The van der Waals surface area contributed by atoms with Gasteiger partial charge in [-0.3, -0.25) is 0 Å². The molecule has 0 unspecified atom stereocenters. The van der Waals surface area contributed by atoms with Crippen LogP contribution in [0.4, 0.5) is 16.0 Å². The number of fused-ring (bicyclic) bond motifs is 1. The van der Waals surface area contributed by atoms with Crippen molar-refractivity contribution in [2.75, 3.05) is 5.32 Å². The summed E-state index contributed by atoms with van der Waals surface area (Å²) >= 11 is 0. The van der Waals surface area contributed by atoms with Gasteiger partial charge in [0.25, 0.3) is 0 Å². The standard InChI is InChI=1S/C14H12FN3/c1-18-13-9-5-4-8-12(13)17-14(18)16-11-7-3-2-6-10(11)15/h2-9H,1H3,(H,16,17).